The minimum atomic E-state index is -1.60. The van der Waals surface area contributed by atoms with Crippen molar-refractivity contribution in [2.24, 2.45) is 0 Å². The zero-order chi connectivity index (χ0) is 23.3. The summed E-state index contributed by atoms with van der Waals surface area (Å²) in [6, 6.07) is 26.4. The van der Waals surface area contributed by atoms with Gasteiger partial charge in [-0.3, -0.25) is 0 Å². The second-order valence-electron chi connectivity index (χ2n) is 8.45. The van der Waals surface area contributed by atoms with Crippen molar-refractivity contribution < 1.29 is 15.3 Å². The van der Waals surface area contributed by atoms with Gasteiger partial charge in [0.15, 0.2) is 0 Å². The van der Waals surface area contributed by atoms with Crippen molar-refractivity contribution in [1.82, 2.24) is 0 Å². The zero-order valence-corrected chi connectivity index (χ0v) is 23.0. The molecule has 0 aliphatic heterocycles. The molecule has 0 saturated carbocycles. The Bertz CT molecular complexity index is 938. The Labute approximate surface area is 208 Å². The molecule has 0 unspecified atom stereocenters. The maximum atomic E-state index is 5.51. The van der Waals surface area contributed by atoms with E-state index in [1.54, 1.807) is 0 Å². The molecular weight excluding hydrogens is 467 g/mol. The summed E-state index contributed by atoms with van der Waals surface area (Å²) in [6.45, 7) is 8.41. The monoisotopic (exact) mass is 502 g/mol. The second-order valence-corrected chi connectivity index (χ2v) is 14.7. The number of unbranched alkanes of at least 4 members (excludes halogenated alkanes) is 2. The molecule has 4 aromatic rings. The molecule has 4 aromatic carbocycles. The third kappa shape index (κ3) is 9.36. The average Bonchev–Trinajstić information content (AvgIpc) is 3.40. The van der Waals surface area contributed by atoms with Crippen LogP contribution in [0.25, 0.3) is 21.5 Å². The number of halogens is 2. The van der Waals surface area contributed by atoms with Gasteiger partial charge in [0.1, 0.15) is 0 Å². The summed E-state index contributed by atoms with van der Waals surface area (Å²) in [6.07, 6.45) is 7.62. The number of hydrogen-bond acceptors (Lipinski definition) is 0. The van der Waals surface area contributed by atoms with Gasteiger partial charge in [-0.25, -0.2) is 0 Å². The molecule has 0 spiro atoms. The Morgan fingerprint density at radius 1 is 0.719 bits per heavy atom. The normalized spacial score (nSPS) is 10.3. The molecule has 0 saturated heterocycles. The average molecular weight is 503 g/mol. The SMILES string of the molecule is CCCCc1cc2ccccc2[cH-]1.CCCCc1cc2ccccc2[cH-]1.C[C](C)=[Ti]([Cl])[Cl]. The van der Waals surface area contributed by atoms with Crippen LogP contribution in [0.3, 0.4) is 0 Å². The predicted octanol–water partition coefficient (Wildman–Crippen LogP) is 9.93. The summed E-state index contributed by atoms with van der Waals surface area (Å²) < 4.78 is 1.21. The van der Waals surface area contributed by atoms with E-state index in [-0.39, 0.29) is 0 Å². The van der Waals surface area contributed by atoms with Gasteiger partial charge in [-0.1, -0.05) is 51.7 Å². The Kier molecular flexibility index (Phi) is 12.6. The molecule has 0 aliphatic rings. The van der Waals surface area contributed by atoms with E-state index in [9.17, 15) is 0 Å². The first-order valence-electron chi connectivity index (χ1n) is 11.7. The number of fused-ring (bicyclic) bond motifs is 2. The van der Waals surface area contributed by atoms with Crippen molar-refractivity contribution in [2.45, 2.75) is 66.2 Å². The molecule has 0 fully saturated rings. The summed E-state index contributed by atoms with van der Waals surface area (Å²) in [5.74, 6) is 0. The van der Waals surface area contributed by atoms with Crippen molar-refractivity contribution in [3.63, 3.8) is 0 Å². The van der Waals surface area contributed by atoms with E-state index >= 15 is 0 Å². The van der Waals surface area contributed by atoms with Crippen LogP contribution in [-0.4, -0.2) is 3.81 Å². The van der Waals surface area contributed by atoms with Crippen LogP contribution in [0, 0.1) is 0 Å². The summed E-state index contributed by atoms with van der Waals surface area (Å²) in [4.78, 5) is 0. The van der Waals surface area contributed by atoms with Crippen LogP contribution < -0.4 is 0 Å². The first-order chi connectivity index (χ1) is 15.4. The molecule has 4 rings (SSSR count). The fourth-order valence-electron chi connectivity index (χ4n) is 3.48. The number of hydrogen-bond donors (Lipinski definition) is 0. The fourth-order valence-corrected chi connectivity index (χ4v) is 3.48. The molecule has 0 amide bonds. The number of benzene rings is 2. The van der Waals surface area contributed by atoms with Crippen LogP contribution in [-0.2, 0) is 28.1 Å². The third-order valence-electron chi connectivity index (χ3n) is 5.37. The molecule has 0 atom stereocenters. The van der Waals surface area contributed by atoms with Gasteiger partial charge in [0.2, 0.25) is 0 Å². The number of aryl methyl sites for hydroxylation is 2. The van der Waals surface area contributed by atoms with Gasteiger partial charge < -0.3 is 0 Å². The molecule has 172 valence electrons. The molecule has 0 N–H and O–H groups in total. The van der Waals surface area contributed by atoms with E-state index in [0.29, 0.717) is 0 Å². The van der Waals surface area contributed by atoms with E-state index in [4.69, 9.17) is 18.6 Å². The van der Waals surface area contributed by atoms with Gasteiger partial charge >= 0.3 is 51.6 Å². The standard InChI is InChI=1S/2C13H15.C3H6.2ClH.Ti/c2*1-2-3-6-11-9-12-7-4-5-8-13(12)10-11;1-3-2;;;/h2*4-5,7-10H,2-3,6H2,1H3;1-2H3;2*1H;/q2*-1;;;;+2/p-2. The van der Waals surface area contributed by atoms with E-state index < -0.39 is 15.3 Å². The van der Waals surface area contributed by atoms with Gasteiger partial charge in [-0.2, -0.15) is 12.1 Å². The Morgan fingerprint density at radius 2 is 1.09 bits per heavy atom. The van der Waals surface area contributed by atoms with E-state index in [1.807, 2.05) is 13.8 Å². The number of rotatable bonds is 6. The van der Waals surface area contributed by atoms with Crippen LogP contribution in [0.15, 0.2) is 72.8 Å². The zero-order valence-electron chi connectivity index (χ0n) is 19.9. The Balaban J connectivity index is 0.000000183. The molecule has 3 heteroatoms. The van der Waals surface area contributed by atoms with Gasteiger partial charge in [-0.05, 0) is 12.8 Å². The Morgan fingerprint density at radius 3 is 1.41 bits per heavy atom. The second kappa shape index (κ2) is 14.9. The predicted molar refractivity (Wildman–Crippen MR) is 144 cm³/mol. The van der Waals surface area contributed by atoms with Crippen LogP contribution in [0.4, 0.5) is 0 Å². The quantitative estimate of drug-likeness (QED) is 0.181. The van der Waals surface area contributed by atoms with E-state index in [0.717, 1.165) is 0 Å². The summed E-state index contributed by atoms with van der Waals surface area (Å²) in [5, 5.41) is 5.53. The third-order valence-corrected chi connectivity index (χ3v) is 9.67. The van der Waals surface area contributed by atoms with Crippen molar-refractivity contribution >= 4 is 44.0 Å². The van der Waals surface area contributed by atoms with E-state index in [2.05, 4.69) is 86.6 Å². The first kappa shape index (κ1) is 27.1. The molecule has 0 nitrogen and oxygen atoms in total. The van der Waals surface area contributed by atoms with Gasteiger partial charge in [0.05, 0.1) is 0 Å². The van der Waals surface area contributed by atoms with Gasteiger partial charge in [0, 0.05) is 0 Å². The van der Waals surface area contributed by atoms with Crippen LogP contribution in [0.5, 0.6) is 0 Å². The van der Waals surface area contributed by atoms with Crippen LogP contribution >= 0.6 is 18.6 Å². The van der Waals surface area contributed by atoms with Crippen LogP contribution in [0.2, 0.25) is 0 Å². The van der Waals surface area contributed by atoms with Crippen LogP contribution in [0.1, 0.15) is 64.5 Å². The van der Waals surface area contributed by atoms with Crippen molar-refractivity contribution in [3.8, 4) is 0 Å². The molecular formula is C29H36Cl2Ti-2. The van der Waals surface area contributed by atoms with Crippen molar-refractivity contribution in [3.05, 3.63) is 83.9 Å². The molecule has 0 heterocycles. The van der Waals surface area contributed by atoms with Gasteiger partial charge in [-0.15, -0.1) is 81.2 Å². The summed E-state index contributed by atoms with van der Waals surface area (Å²) in [5.41, 5.74) is 2.98. The topological polar surface area (TPSA) is 0 Å². The van der Waals surface area contributed by atoms with Crippen molar-refractivity contribution in [1.29, 1.82) is 0 Å². The fraction of sp³-hybridized carbons (Fsp3) is 0.345. The molecule has 0 radical (unpaired) electrons. The van der Waals surface area contributed by atoms with Crippen molar-refractivity contribution in [2.75, 3.05) is 0 Å². The maximum absolute atomic E-state index is 5.51. The molecule has 0 aromatic heterocycles. The minimum absolute atomic E-state index is 1.21. The summed E-state index contributed by atoms with van der Waals surface area (Å²) in [7, 11) is 11.0. The Hall–Kier alpha value is -1.18. The molecule has 0 bridgehead atoms. The van der Waals surface area contributed by atoms with Gasteiger partial charge in [0.25, 0.3) is 0 Å². The summed E-state index contributed by atoms with van der Waals surface area (Å²) >= 11 is -1.60. The molecule has 32 heavy (non-hydrogen) atoms. The first-order valence-corrected chi connectivity index (χ1v) is 16.8. The van der Waals surface area contributed by atoms with E-state index in [1.165, 1.54) is 75.0 Å². The molecule has 0 aliphatic carbocycles.